The number of aliphatic hydroxyl groups is 1. The van der Waals surface area contributed by atoms with E-state index in [-0.39, 0.29) is 17.5 Å². The van der Waals surface area contributed by atoms with Crippen LogP contribution in [0.25, 0.3) is 0 Å². The van der Waals surface area contributed by atoms with E-state index in [2.05, 4.69) is 26.0 Å². The Morgan fingerprint density at radius 2 is 2.06 bits per heavy atom. The second kappa shape index (κ2) is 3.33. The maximum atomic E-state index is 12.0. The summed E-state index contributed by atoms with van der Waals surface area (Å²) in [6, 6.07) is 8.30. The summed E-state index contributed by atoms with van der Waals surface area (Å²) in [4.78, 5) is 13.9. The Bertz CT molecular complexity index is 481. The fraction of sp³-hybridized carbons (Fsp3) is 0.500. The molecule has 0 saturated carbocycles. The zero-order valence-electron chi connectivity index (χ0n) is 10.2. The second-order valence-corrected chi connectivity index (χ2v) is 5.66. The number of nitrogens with zero attached hydrogens (tertiary/aromatic N) is 1. The number of hydrogen-bond donors (Lipinski definition) is 1. The summed E-state index contributed by atoms with van der Waals surface area (Å²) in [7, 11) is 0. The van der Waals surface area contributed by atoms with Gasteiger partial charge >= 0.3 is 0 Å². The predicted octanol–water partition coefficient (Wildman–Crippen LogP) is 1.66. The van der Waals surface area contributed by atoms with Gasteiger partial charge in [-0.05, 0) is 31.4 Å². The smallest absolute Gasteiger partial charge is 0.252 e. The Labute approximate surface area is 101 Å². The normalized spacial score (nSPS) is 30.1. The van der Waals surface area contributed by atoms with Crippen molar-refractivity contribution in [3.8, 4) is 0 Å². The van der Waals surface area contributed by atoms with E-state index in [9.17, 15) is 9.90 Å². The van der Waals surface area contributed by atoms with E-state index in [4.69, 9.17) is 0 Å². The Balaban J connectivity index is 2.14. The maximum absolute atomic E-state index is 12.0. The number of hydrogen-bond acceptors (Lipinski definition) is 2. The third kappa shape index (κ3) is 1.42. The molecule has 1 saturated heterocycles. The summed E-state index contributed by atoms with van der Waals surface area (Å²) in [5.41, 5.74) is 2.31. The summed E-state index contributed by atoms with van der Waals surface area (Å²) in [5, 5.41) is 9.80. The highest BCUT2D eigenvalue weighted by Crippen LogP contribution is 2.45. The Kier molecular flexibility index (Phi) is 2.11. The summed E-state index contributed by atoms with van der Waals surface area (Å²) >= 11 is 0. The highest BCUT2D eigenvalue weighted by molar-refractivity contribution is 5.85. The van der Waals surface area contributed by atoms with Gasteiger partial charge in [0.1, 0.15) is 6.10 Å². The van der Waals surface area contributed by atoms with E-state index in [0.29, 0.717) is 6.42 Å². The molecule has 1 N–H and O–H groups in total. The van der Waals surface area contributed by atoms with Gasteiger partial charge in [-0.15, -0.1) is 0 Å². The average molecular weight is 231 g/mol. The first-order chi connectivity index (χ1) is 8.00. The van der Waals surface area contributed by atoms with Crippen molar-refractivity contribution in [2.45, 2.75) is 44.4 Å². The molecule has 3 nitrogen and oxygen atoms in total. The molecule has 1 aromatic rings. The van der Waals surface area contributed by atoms with Gasteiger partial charge in [0.2, 0.25) is 0 Å². The van der Waals surface area contributed by atoms with Crippen LogP contribution in [0, 0.1) is 0 Å². The highest BCUT2D eigenvalue weighted by atomic mass is 16.3. The zero-order chi connectivity index (χ0) is 12.2. The molecule has 3 rings (SSSR count). The van der Waals surface area contributed by atoms with Crippen molar-refractivity contribution in [1.29, 1.82) is 0 Å². The van der Waals surface area contributed by atoms with Crippen LogP contribution >= 0.6 is 0 Å². The molecule has 2 aliphatic rings. The van der Waals surface area contributed by atoms with Gasteiger partial charge in [-0.1, -0.05) is 24.3 Å². The molecule has 0 aromatic heterocycles. The second-order valence-electron chi connectivity index (χ2n) is 5.66. The highest BCUT2D eigenvalue weighted by Gasteiger charge is 2.49. The van der Waals surface area contributed by atoms with E-state index in [1.807, 2.05) is 17.0 Å². The van der Waals surface area contributed by atoms with E-state index < -0.39 is 6.10 Å². The number of aliphatic hydroxyl groups excluding tert-OH is 1. The average Bonchev–Trinajstić information content (AvgIpc) is 2.56. The molecule has 90 valence electrons. The van der Waals surface area contributed by atoms with Crippen LogP contribution in [0.5, 0.6) is 0 Å². The number of carbonyl (C=O) groups excluding carboxylic acids is 1. The molecule has 2 atom stereocenters. The molecular formula is C14H17NO2. The van der Waals surface area contributed by atoms with Crippen molar-refractivity contribution in [2.75, 3.05) is 0 Å². The minimum atomic E-state index is -0.828. The minimum Gasteiger partial charge on any atom is -0.383 e. The SMILES string of the molecule is CC1(C)Cc2ccccc2[C@H]2C[C@H](O)C(=O)N21. The van der Waals surface area contributed by atoms with Gasteiger partial charge < -0.3 is 10.0 Å². The van der Waals surface area contributed by atoms with Gasteiger partial charge in [0.15, 0.2) is 0 Å². The van der Waals surface area contributed by atoms with E-state index in [1.54, 1.807) is 0 Å². The lowest BCUT2D eigenvalue weighted by Crippen LogP contribution is -2.51. The topological polar surface area (TPSA) is 40.5 Å². The number of benzene rings is 1. The van der Waals surface area contributed by atoms with E-state index in [0.717, 1.165) is 6.42 Å². The van der Waals surface area contributed by atoms with E-state index in [1.165, 1.54) is 11.1 Å². The van der Waals surface area contributed by atoms with Crippen LogP contribution in [0.4, 0.5) is 0 Å². The fourth-order valence-corrected chi connectivity index (χ4v) is 3.29. The Morgan fingerprint density at radius 1 is 1.35 bits per heavy atom. The molecule has 0 aliphatic carbocycles. The first-order valence-electron chi connectivity index (χ1n) is 6.10. The summed E-state index contributed by atoms with van der Waals surface area (Å²) < 4.78 is 0. The van der Waals surface area contributed by atoms with Crippen LogP contribution in [0.15, 0.2) is 24.3 Å². The van der Waals surface area contributed by atoms with Gasteiger partial charge in [-0.3, -0.25) is 4.79 Å². The molecule has 3 heteroatoms. The van der Waals surface area contributed by atoms with E-state index >= 15 is 0 Å². The van der Waals surface area contributed by atoms with Crippen LogP contribution in [-0.2, 0) is 11.2 Å². The van der Waals surface area contributed by atoms with Crippen molar-refractivity contribution in [2.24, 2.45) is 0 Å². The molecule has 2 heterocycles. The third-order valence-corrected chi connectivity index (χ3v) is 3.97. The Morgan fingerprint density at radius 3 is 2.82 bits per heavy atom. The number of carbonyl (C=O) groups is 1. The van der Waals surface area contributed by atoms with Crippen molar-refractivity contribution < 1.29 is 9.90 Å². The van der Waals surface area contributed by atoms with Crippen LogP contribution in [0.1, 0.15) is 37.4 Å². The molecule has 0 unspecified atom stereocenters. The molecule has 1 fully saturated rings. The quantitative estimate of drug-likeness (QED) is 0.737. The Hall–Kier alpha value is -1.35. The van der Waals surface area contributed by atoms with Crippen LogP contribution in [-0.4, -0.2) is 27.6 Å². The fourth-order valence-electron chi connectivity index (χ4n) is 3.29. The summed E-state index contributed by atoms with van der Waals surface area (Å²) in [5.74, 6) is -0.116. The van der Waals surface area contributed by atoms with Crippen LogP contribution in [0.2, 0.25) is 0 Å². The number of fused-ring (bicyclic) bond motifs is 3. The van der Waals surface area contributed by atoms with Crippen LogP contribution in [0.3, 0.4) is 0 Å². The molecule has 0 spiro atoms. The molecule has 1 amide bonds. The van der Waals surface area contributed by atoms with Gasteiger partial charge in [-0.25, -0.2) is 0 Å². The monoisotopic (exact) mass is 231 g/mol. The molecule has 2 aliphatic heterocycles. The van der Waals surface area contributed by atoms with Crippen molar-refractivity contribution >= 4 is 5.91 Å². The number of amides is 1. The largest absolute Gasteiger partial charge is 0.383 e. The zero-order valence-corrected chi connectivity index (χ0v) is 10.2. The van der Waals surface area contributed by atoms with Crippen molar-refractivity contribution in [3.05, 3.63) is 35.4 Å². The minimum absolute atomic E-state index is 0.0532. The van der Waals surface area contributed by atoms with Crippen molar-refractivity contribution in [1.82, 2.24) is 4.90 Å². The number of rotatable bonds is 0. The molecule has 0 bridgehead atoms. The summed E-state index contributed by atoms with van der Waals surface area (Å²) in [6.07, 6.45) is 0.558. The molecule has 1 aromatic carbocycles. The van der Waals surface area contributed by atoms with Crippen LogP contribution < -0.4 is 0 Å². The van der Waals surface area contributed by atoms with Gasteiger partial charge in [0.25, 0.3) is 5.91 Å². The lowest BCUT2D eigenvalue weighted by Gasteiger charge is -2.45. The standard InChI is InChI=1S/C14H17NO2/c1-14(2)8-9-5-3-4-6-10(9)11-7-12(16)13(17)15(11)14/h3-6,11-12,16H,7-8H2,1-2H3/t11-,12+/m1/s1. The molecular weight excluding hydrogens is 214 g/mol. The maximum Gasteiger partial charge on any atom is 0.252 e. The summed E-state index contributed by atoms with van der Waals surface area (Å²) in [6.45, 7) is 4.15. The van der Waals surface area contributed by atoms with Crippen molar-refractivity contribution in [3.63, 3.8) is 0 Å². The molecule has 0 radical (unpaired) electrons. The first kappa shape index (κ1) is 10.8. The van der Waals surface area contributed by atoms with Gasteiger partial charge in [-0.2, -0.15) is 0 Å². The third-order valence-electron chi connectivity index (χ3n) is 3.97. The van der Waals surface area contributed by atoms with Gasteiger partial charge in [0, 0.05) is 12.0 Å². The molecule has 17 heavy (non-hydrogen) atoms. The van der Waals surface area contributed by atoms with Gasteiger partial charge in [0.05, 0.1) is 6.04 Å². The lowest BCUT2D eigenvalue weighted by molar-refractivity contribution is -0.140. The lowest BCUT2D eigenvalue weighted by atomic mass is 9.82. The predicted molar refractivity (Wildman–Crippen MR) is 64.4 cm³/mol. The first-order valence-corrected chi connectivity index (χ1v) is 6.10.